The Morgan fingerprint density at radius 1 is 1.43 bits per heavy atom. The van der Waals surface area contributed by atoms with Gasteiger partial charge in [0.2, 0.25) is 0 Å². The number of carboxylic acid groups (broad SMARTS) is 1. The largest absolute Gasteiger partial charge is 0.476 e. The summed E-state index contributed by atoms with van der Waals surface area (Å²) in [5, 5.41) is 18.2. The summed E-state index contributed by atoms with van der Waals surface area (Å²) < 4.78 is 14.8. The number of amides is 1. The van der Waals surface area contributed by atoms with Crippen LogP contribution in [0.5, 0.6) is 0 Å². The number of carbonyl (C=O) groups is 2. The molecule has 0 saturated carbocycles. The summed E-state index contributed by atoms with van der Waals surface area (Å²) in [6, 6.07) is 3.95. The van der Waals surface area contributed by atoms with Crippen molar-refractivity contribution in [1.82, 2.24) is 20.3 Å². The summed E-state index contributed by atoms with van der Waals surface area (Å²) in [5.41, 5.74) is -0.428. The van der Waals surface area contributed by atoms with Gasteiger partial charge in [0, 0.05) is 6.54 Å². The van der Waals surface area contributed by atoms with E-state index in [1.54, 1.807) is 0 Å². The van der Waals surface area contributed by atoms with E-state index in [9.17, 15) is 14.0 Å². The lowest BCUT2D eigenvalue weighted by molar-refractivity contribution is 0.0690. The molecule has 0 fully saturated rings. The van der Waals surface area contributed by atoms with Crippen molar-refractivity contribution in [1.29, 1.82) is 0 Å². The highest BCUT2D eigenvalue weighted by molar-refractivity contribution is 6.33. The number of aromatic nitrogens is 3. The Morgan fingerprint density at radius 2 is 2.19 bits per heavy atom. The molecule has 7 nitrogen and oxygen atoms in total. The van der Waals surface area contributed by atoms with E-state index in [2.05, 4.69) is 15.6 Å². The van der Waals surface area contributed by atoms with Crippen LogP contribution in [-0.2, 0) is 6.54 Å². The molecule has 1 heterocycles. The van der Waals surface area contributed by atoms with Crippen LogP contribution in [0.2, 0.25) is 5.02 Å². The zero-order valence-electron chi connectivity index (χ0n) is 10.6. The number of nitrogens with zero attached hydrogens (tertiary/aromatic N) is 3. The summed E-state index contributed by atoms with van der Waals surface area (Å²) in [6.45, 7) is 0.310. The molecule has 1 aromatic heterocycles. The van der Waals surface area contributed by atoms with Crippen molar-refractivity contribution in [3.63, 3.8) is 0 Å². The molecule has 0 unspecified atom stereocenters. The number of nitrogens with one attached hydrogen (secondary N) is 1. The lowest BCUT2D eigenvalue weighted by Gasteiger charge is -2.07. The second-order valence-electron chi connectivity index (χ2n) is 4.02. The zero-order chi connectivity index (χ0) is 15.4. The van der Waals surface area contributed by atoms with Crippen molar-refractivity contribution in [2.45, 2.75) is 6.54 Å². The van der Waals surface area contributed by atoms with Gasteiger partial charge in [-0.1, -0.05) is 22.9 Å². The highest BCUT2D eigenvalue weighted by Gasteiger charge is 2.15. The van der Waals surface area contributed by atoms with Gasteiger partial charge in [-0.2, -0.15) is 0 Å². The Balaban J connectivity index is 1.94. The van der Waals surface area contributed by atoms with Gasteiger partial charge in [0.05, 0.1) is 23.3 Å². The second kappa shape index (κ2) is 6.31. The molecule has 2 N–H and O–H groups in total. The summed E-state index contributed by atoms with van der Waals surface area (Å²) in [4.78, 5) is 22.4. The van der Waals surface area contributed by atoms with Gasteiger partial charge < -0.3 is 10.4 Å². The van der Waals surface area contributed by atoms with Crippen LogP contribution in [0.3, 0.4) is 0 Å². The molecule has 0 spiro atoms. The van der Waals surface area contributed by atoms with Crippen LogP contribution in [0.4, 0.5) is 4.39 Å². The molecule has 0 saturated heterocycles. The van der Waals surface area contributed by atoms with Crippen molar-refractivity contribution in [2.24, 2.45) is 0 Å². The first-order chi connectivity index (χ1) is 9.99. The van der Waals surface area contributed by atoms with E-state index >= 15 is 0 Å². The van der Waals surface area contributed by atoms with Crippen LogP contribution in [0.25, 0.3) is 0 Å². The average Bonchev–Trinajstić information content (AvgIpc) is 2.87. The van der Waals surface area contributed by atoms with Gasteiger partial charge in [0.25, 0.3) is 5.91 Å². The number of carboxylic acids is 1. The van der Waals surface area contributed by atoms with Crippen LogP contribution >= 0.6 is 11.6 Å². The third-order valence-corrected chi connectivity index (χ3v) is 2.89. The molecule has 0 aliphatic heterocycles. The minimum absolute atomic E-state index is 0.0152. The third kappa shape index (κ3) is 3.54. The summed E-state index contributed by atoms with van der Waals surface area (Å²) in [5.74, 6) is -2.56. The van der Waals surface area contributed by atoms with Gasteiger partial charge in [0.1, 0.15) is 5.82 Å². The maximum Gasteiger partial charge on any atom is 0.358 e. The van der Waals surface area contributed by atoms with Gasteiger partial charge in [-0.25, -0.2) is 13.9 Å². The monoisotopic (exact) mass is 312 g/mol. The van der Waals surface area contributed by atoms with E-state index in [-0.39, 0.29) is 29.4 Å². The maximum absolute atomic E-state index is 13.5. The lowest BCUT2D eigenvalue weighted by atomic mass is 10.2. The highest BCUT2D eigenvalue weighted by Crippen LogP contribution is 2.18. The predicted octanol–water partition coefficient (Wildman–Crippen LogP) is 1.20. The van der Waals surface area contributed by atoms with Crippen LogP contribution in [0.15, 0.2) is 24.4 Å². The molecule has 0 aliphatic carbocycles. The average molecular weight is 313 g/mol. The molecule has 1 aromatic carbocycles. The Kier molecular flexibility index (Phi) is 4.49. The topological polar surface area (TPSA) is 97.1 Å². The number of carbonyl (C=O) groups excluding carboxylic acids is 1. The summed E-state index contributed by atoms with van der Waals surface area (Å²) in [6.07, 6.45) is 1.23. The molecule has 2 rings (SSSR count). The molecular formula is C12H10ClFN4O3. The first kappa shape index (κ1) is 14.9. The van der Waals surface area contributed by atoms with Crippen molar-refractivity contribution in [3.05, 3.63) is 46.5 Å². The van der Waals surface area contributed by atoms with Gasteiger partial charge >= 0.3 is 5.97 Å². The van der Waals surface area contributed by atoms with E-state index in [0.717, 1.165) is 6.07 Å². The number of hydrogen-bond acceptors (Lipinski definition) is 4. The normalized spacial score (nSPS) is 10.4. The van der Waals surface area contributed by atoms with Gasteiger partial charge in [-0.3, -0.25) is 4.79 Å². The molecule has 0 aliphatic rings. The third-order valence-electron chi connectivity index (χ3n) is 2.57. The summed E-state index contributed by atoms with van der Waals surface area (Å²) >= 11 is 5.76. The number of benzene rings is 1. The Labute approximate surface area is 123 Å². The standard InChI is InChI=1S/C12H10ClFN4O3/c13-7-2-1-3-8(14)10(7)11(19)15-4-5-18-6-9(12(20)21)16-17-18/h1-3,6H,4-5H2,(H,15,19)(H,20,21). The minimum Gasteiger partial charge on any atom is -0.476 e. The fourth-order valence-corrected chi connectivity index (χ4v) is 1.84. The van der Waals surface area contributed by atoms with E-state index in [4.69, 9.17) is 16.7 Å². The second-order valence-corrected chi connectivity index (χ2v) is 4.43. The van der Waals surface area contributed by atoms with Crippen molar-refractivity contribution >= 4 is 23.5 Å². The number of hydrogen-bond donors (Lipinski definition) is 2. The fraction of sp³-hybridized carbons (Fsp3) is 0.167. The first-order valence-electron chi connectivity index (χ1n) is 5.84. The van der Waals surface area contributed by atoms with Crippen molar-refractivity contribution in [2.75, 3.05) is 6.54 Å². The zero-order valence-corrected chi connectivity index (χ0v) is 11.3. The molecule has 110 valence electrons. The van der Waals surface area contributed by atoms with Crippen LogP contribution in [0.1, 0.15) is 20.8 Å². The Hall–Kier alpha value is -2.48. The van der Waals surface area contributed by atoms with Crippen LogP contribution in [-0.4, -0.2) is 38.5 Å². The number of halogens is 2. The quantitative estimate of drug-likeness (QED) is 0.864. The van der Waals surface area contributed by atoms with Gasteiger partial charge in [-0.05, 0) is 12.1 Å². The minimum atomic E-state index is -1.19. The van der Waals surface area contributed by atoms with Gasteiger partial charge in [-0.15, -0.1) is 5.10 Å². The number of aromatic carboxylic acids is 1. The van der Waals surface area contributed by atoms with E-state index in [1.807, 2.05) is 0 Å². The molecule has 0 radical (unpaired) electrons. The summed E-state index contributed by atoms with van der Waals surface area (Å²) in [7, 11) is 0. The van der Waals surface area contributed by atoms with Gasteiger partial charge in [0.15, 0.2) is 5.69 Å². The van der Waals surface area contributed by atoms with Crippen LogP contribution in [0, 0.1) is 5.82 Å². The SMILES string of the molecule is O=C(O)c1cn(CCNC(=O)c2c(F)cccc2Cl)nn1. The highest BCUT2D eigenvalue weighted by atomic mass is 35.5. The molecule has 9 heteroatoms. The molecule has 0 atom stereocenters. The lowest BCUT2D eigenvalue weighted by Crippen LogP contribution is -2.28. The predicted molar refractivity (Wildman–Crippen MR) is 70.7 cm³/mol. The Bertz CT molecular complexity index is 669. The smallest absolute Gasteiger partial charge is 0.358 e. The van der Waals surface area contributed by atoms with E-state index in [0.29, 0.717) is 0 Å². The molecule has 21 heavy (non-hydrogen) atoms. The number of rotatable bonds is 5. The molecule has 0 bridgehead atoms. The molecular weight excluding hydrogens is 303 g/mol. The Morgan fingerprint density at radius 3 is 2.81 bits per heavy atom. The van der Waals surface area contributed by atoms with Crippen molar-refractivity contribution < 1.29 is 19.1 Å². The maximum atomic E-state index is 13.5. The molecule has 1 amide bonds. The van der Waals surface area contributed by atoms with Crippen LogP contribution < -0.4 is 5.32 Å². The fourth-order valence-electron chi connectivity index (χ4n) is 1.59. The van der Waals surface area contributed by atoms with E-state index in [1.165, 1.54) is 23.0 Å². The molecule has 2 aromatic rings. The van der Waals surface area contributed by atoms with Crippen molar-refractivity contribution in [3.8, 4) is 0 Å². The van der Waals surface area contributed by atoms with E-state index < -0.39 is 17.7 Å². The first-order valence-corrected chi connectivity index (χ1v) is 6.22.